The van der Waals surface area contributed by atoms with Crippen LogP contribution in [0.15, 0.2) is 42.5 Å². The topological polar surface area (TPSA) is 38.3 Å². The van der Waals surface area contributed by atoms with E-state index in [0.29, 0.717) is 10.8 Å². The second-order valence-corrected chi connectivity index (χ2v) is 6.97. The van der Waals surface area contributed by atoms with Crippen LogP contribution in [0.25, 0.3) is 0 Å². The fraction of sp³-hybridized carbons (Fsp3) is 0.316. The predicted molar refractivity (Wildman–Crippen MR) is 95.5 cm³/mol. The summed E-state index contributed by atoms with van der Waals surface area (Å²) in [6.45, 7) is 8.20. The van der Waals surface area contributed by atoms with Crippen molar-refractivity contribution in [2.24, 2.45) is 0 Å². The molecule has 0 fully saturated rings. The summed E-state index contributed by atoms with van der Waals surface area (Å²) >= 11 is 6.07. The molecule has 3 nitrogen and oxygen atoms in total. The van der Waals surface area contributed by atoms with E-state index < -0.39 is 0 Å². The van der Waals surface area contributed by atoms with Gasteiger partial charge in [0.1, 0.15) is 5.75 Å². The monoisotopic (exact) mass is 331 g/mol. The molecular weight excluding hydrogens is 310 g/mol. The summed E-state index contributed by atoms with van der Waals surface area (Å²) in [5.74, 6) is 0.310. The Morgan fingerprint density at radius 1 is 1.17 bits per heavy atom. The number of rotatable bonds is 4. The van der Waals surface area contributed by atoms with E-state index in [1.165, 1.54) is 0 Å². The highest BCUT2D eigenvalue weighted by Crippen LogP contribution is 2.29. The highest BCUT2D eigenvalue weighted by atomic mass is 35.5. The third-order valence-corrected chi connectivity index (χ3v) is 3.77. The van der Waals surface area contributed by atoms with Crippen LogP contribution in [0.5, 0.6) is 5.75 Å². The van der Waals surface area contributed by atoms with Crippen molar-refractivity contribution in [3.8, 4) is 5.75 Å². The quantitative estimate of drug-likeness (QED) is 0.859. The largest absolute Gasteiger partial charge is 0.482 e. The molecule has 4 heteroatoms. The van der Waals surface area contributed by atoms with Gasteiger partial charge in [-0.1, -0.05) is 56.6 Å². The van der Waals surface area contributed by atoms with E-state index in [9.17, 15) is 4.79 Å². The van der Waals surface area contributed by atoms with Crippen molar-refractivity contribution in [1.82, 2.24) is 0 Å². The first kappa shape index (κ1) is 17.4. The Morgan fingerprint density at radius 3 is 2.57 bits per heavy atom. The summed E-state index contributed by atoms with van der Waals surface area (Å²) in [5, 5.41) is 3.41. The highest BCUT2D eigenvalue weighted by Gasteiger charge is 2.18. The highest BCUT2D eigenvalue weighted by molar-refractivity contribution is 6.32. The van der Waals surface area contributed by atoms with Crippen molar-refractivity contribution in [3.05, 3.63) is 58.6 Å². The zero-order valence-corrected chi connectivity index (χ0v) is 14.7. The Bertz CT molecular complexity index is 705. The number of ether oxygens (including phenoxy) is 1. The minimum Gasteiger partial charge on any atom is -0.482 e. The Kier molecular flexibility index (Phi) is 5.32. The van der Waals surface area contributed by atoms with Crippen LogP contribution >= 0.6 is 11.6 Å². The second-order valence-electron chi connectivity index (χ2n) is 6.57. The lowest BCUT2D eigenvalue weighted by Crippen LogP contribution is -2.23. The Morgan fingerprint density at radius 2 is 1.87 bits per heavy atom. The van der Waals surface area contributed by atoms with E-state index in [0.717, 1.165) is 16.8 Å². The molecule has 0 atom stereocenters. The second kappa shape index (κ2) is 7.05. The van der Waals surface area contributed by atoms with Gasteiger partial charge >= 0.3 is 0 Å². The molecule has 23 heavy (non-hydrogen) atoms. The first-order valence-electron chi connectivity index (χ1n) is 7.55. The average molecular weight is 332 g/mol. The number of anilines is 1. The lowest BCUT2D eigenvalue weighted by atomic mass is 9.86. The number of para-hydroxylation sites is 1. The van der Waals surface area contributed by atoms with Gasteiger partial charge < -0.3 is 10.1 Å². The number of amides is 1. The van der Waals surface area contributed by atoms with Gasteiger partial charge in [-0.15, -0.1) is 0 Å². The fourth-order valence-electron chi connectivity index (χ4n) is 2.30. The Balaban J connectivity index is 2.05. The molecule has 0 radical (unpaired) electrons. The maximum atomic E-state index is 12.2. The maximum Gasteiger partial charge on any atom is 0.262 e. The molecule has 0 saturated carbocycles. The molecule has 0 aliphatic rings. The van der Waals surface area contributed by atoms with Crippen LogP contribution in [0.2, 0.25) is 5.02 Å². The van der Waals surface area contributed by atoms with Gasteiger partial charge in [0.15, 0.2) is 6.61 Å². The van der Waals surface area contributed by atoms with Crippen molar-refractivity contribution in [3.63, 3.8) is 0 Å². The number of nitrogens with one attached hydrogen (secondary N) is 1. The number of hydrogen-bond donors (Lipinski definition) is 1. The summed E-state index contributed by atoms with van der Waals surface area (Å²) in [5.41, 5.74) is 2.87. The van der Waals surface area contributed by atoms with E-state index >= 15 is 0 Å². The number of halogens is 1. The number of carbonyl (C=O) groups excluding carboxylic acids is 1. The lowest BCUT2D eigenvalue weighted by Gasteiger charge is -2.23. The molecule has 2 aromatic carbocycles. The van der Waals surface area contributed by atoms with E-state index in [1.54, 1.807) is 6.07 Å². The Labute approximate surface area is 142 Å². The third-order valence-electron chi connectivity index (χ3n) is 3.45. The van der Waals surface area contributed by atoms with E-state index in [4.69, 9.17) is 16.3 Å². The van der Waals surface area contributed by atoms with Gasteiger partial charge in [-0.2, -0.15) is 0 Å². The zero-order chi connectivity index (χ0) is 17.0. The van der Waals surface area contributed by atoms with E-state index in [2.05, 4.69) is 26.1 Å². The summed E-state index contributed by atoms with van der Waals surface area (Å²) in [6.07, 6.45) is 0. The normalized spacial score (nSPS) is 11.2. The van der Waals surface area contributed by atoms with Gasteiger partial charge in [0.25, 0.3) is 5.91 Å². The fourth-order valence-corrected chi connectivity index (χ4v) is 2.47. The van der Waals surface area contributed by atoms with E-state index in [1.807, 2.05) is 43.3 Å². The van der Waals surface area contributed by atoms with Gasteiger partial charge in [0, 0.05) is 5.69 Å². The first-order valence-corrected chi connectivity index (χ1v) is 7.93. The van der Waals surface area contributed by atoms with Crippen molar-refractivity contribution in [2.45, 2.75) is 33.1 Å². The summed E-state index contributed by atoms with van der Waals surface area (Å²) in [4.78, 5) is 12.2. The molecule has 0 aromatic heterocycles. The van der Waals surface area contributed by atoms with Crippen molar-refractivity contribution < 1.29 is 9.53 Å². The predicted octanol–water partition coefficient (Wildman–Crippen LogP) is 4.96. The van der Waals surface area contributed by atoms with Gasteiger partial charge in [-0.3, -0.25) is 4.79 Å². The molecule has 2 aromatic rings. The van der Waals surface area contributed by atoms with Crippen LogP contribution in [0.1, 0.15) is 31.9 Å². The molecule has 122 valence electrons. The minimum atomic E-state index is -0.209. The summed E-state index contributed by atoms with van der Waals surface area (Å²) in [7, 11) is 0. The van der Waals surface area contributed by atoms with Crippen molar-refractivity contribution in [1.29, 1.82) is 0 Å². The van der Waals surface area contributed by atoms with Crippen LogP contribution in [-0.4, -0.2) is 12.5 Å². The standard InChI is InChI=1S/C19H22ClNO2/c1-13-9-10-15(20)17(11-13)23-12-18(22)21-16-8-6-5-7-14(16)19(2,3)4/h5-11H,12H2,1-4H3,(H,21,22). The lowest BCUT2D eigenvalue weighted by molar-refractivity contribution is -0.118. The molecule has 0 aliphatic carbocycles. The van der Waals surface area contributed by atoms with Crippen LogP contribution < -0.4 is 10.1 Å². The molecule has 0 spiro atoms. The molecular formula is C19H22ClNO2. The van der Waals surface area contributed by atoms with Crippen molar-refractivity contribution in [2.75, 3.05) is 11.9 Å². The number of hydrogen-bond acceptors (Lipinski definition) is 2. The molecule has 1 amide bonds. The van der Waals surface area contributed by atoms with Gasteiger partial charge in [0.2, 0.25) is 0 Å². The third kappa shape index (κ3) is 4.73. The van der Waals surface area contributed by atoms with E-state index in [-0.39, 0.29) is 17.9 Å². The number of carbonyl (C=O) groups is 1. The first-order chi connectivity index (χ1) is 10.8. The maximum absolute atomic E-state index is 12.2. The van der Waals surface area contributed by atoms with Crippen molar-refractivity contribution >= 4 is 23.2 Å². The van der Waals surface area contributed by atoms with Gasteiger partial charge in [-0.25, -0.2) is 0 Å². The molecule has 0 bridgehead atoms. The minimum absolute atomic E-state index is 0.0510. The molecule has 2 rings (SSSR count). The van der Waals surface area contributed by atoms with Crippen LogP contribution in [-0.2, 0) is 10.2 Å². The SMILES string of the molecule is Cc1ccc(Cl)c(OCC(=O)Nc2ccccc2C(C)(C)C)c1. The van der Waals surface area contributed by atoms with Crippen LogP contribution in [0.4, 0.5) is 5.69 Å². The smallest absolute Gasteiger partial charge is 0.262 e. The molecule has 0 heterocycles. The number of aryl methyl sites for hydroxylation is 1. The Hall–Kier alpha value is -2.00. The van der Waals surface area contributed by atoms with Gasteiger partial charge in [-0.05, 0) is 41.7 Å². The summed E-state index contributed by atoms with van der Waals surface area (Å²) < 4.78 is 5.53. The average Bonchev–Trinajstić information content (AvgIpc) is 2.47. The van der Waals surface area contributed by atoms with Gasteiger partial charge in [0.05, 0.1) is 5.02 Å². The molecule has 0 saturated heterocycles. The van der Waals surface area contributed by atoms with Crippen LogP contribution in [0, 0.1) is 6.92 Å². The molecule has 0 unspecified atom stereocenters. The van der Waals surface area contributed by atoms with Crippen LogP contribution in [0.3, 0.4) is 0 Å². The number of benzene rings is 2. The zero-order valence-electron chi connectivity index (χ0n) is 13.9. The molecule has 0 aliphatic heterocycles. The summed E-state index contributed by atoms with van der Waals surface area (Å²) in [6, 6.07) is 13.3. The molecule has 1 N–H and O–H groups in total.